The van der Waals surface area contributed by atoms with E-state index in [1.54, 1.807) is 67.8 Å². The van der Waals surface area contributed by atoms with Gasteiger partial charge in [0.1, 0.15) is 11.8 Å². The van der Waals surface area contributed by atoms with Crippen LogP contribution in [0.15, 0.2) is 73.1 Å². The smallest absolute Gasteiger partial charge is 0.338 e. The van der Waals surface area contributed by atoms with Crippen molar-refractivity contribution in [1.82, 2.24) is 9.88 Å². The van der Waals surface area contributed by atoms with Crippen LogP contribution in [0.2, 0.25) is 0 Å². The summed E-state index contributed by atoms with van der Waals surface area (Å²) in [7, 11) is 1.52. The summed E-state index contributed by atoms with van der Waals surface area (Å²) in [5.74, 6) is -0.838. The van der Waals surface area contributed by atoms with Crippen molar-refractivity contribution in [2.75, 3.05) is 23.9 Å². The van der Waals surface area contributed by atoms with E-state index in [1.807, 2.05) is 0 Å². The average Bonchev–Trinajstić information content (AvgIpc) is 3.13. The molecule has 37 heavy (non-hydrogen) atoms. The maximum atomic E-state index is 13.4. The highest BCUT2D eigenvalue weighted by Gasteiger charge is 2.46. The van der Waals surface area contributed by atoms with E-state index < -0.39 is 29.9 Å². The molecule has 0 aliphatic carbocycles. The van der Waals surface area contributed by atoms with Crippen LogP contribution in [0.5, 0.6) is 5.75 Å². The van der Waals surface area contributed by atoms with Gasteiger partial charge in [-0.3, -0.25) is 14.6 Å². The Labute approximate surface area is 213 Å². The fourth-order valence-electron chi connectivity index (χ4n) is 3.96. The lowest BCUT2D eigenvalue weighted by Gasteiger charge is -2.21. The Balaban J connectivity index is 1.53. The summed E-state index contributed by atoms with van der Waals surface area (Å²) in [6.45, 7) is 2.08. The third-order valence-corrected chi connectivity index (χ3v) is 5.78. The minimum Gasteiger partial charge on any atom is -0.497 e. The zero-order valence-electron chi connectivity index (χ0n) is 20.4. The van der Waals surface area contributed by atoms with E-state index in [2.05, 4.69) is 10.3 Å². The number of ether oxygens (including phenoxy) is 2. The number of amides is 4. The molecule has 0 unspecified atom stereocenters. The van der Waals surface area contributed by atoms with Crippen molar-refractivity contribution in [2.45, 2.75) is 25.9 Å². The number of carbonyl (C=O) groups excluding carboxylic acids is 4. The lowest BCUT2D eigenvalue weighted by molar-refractivity contribution is -0.124. The summed E-state index contributed by atoms with van der Waals surface area (Å²) < 4.78 is 10.1. The van der Waals surface area contributed by atoms with E-state index in [9.17, 15) is 19.2 Å². The summed E-state index contributed by atoms with van der Waals surface area (Å²) in [4.78, 5) is 58.1. The van der Waals surface area contributed by atoms with Crippen LogP contribution in [0, 0.1) is 0 Å². The minimum absolute atomic E-state index is 0.108. The monoisotopic (exact) mass is 502 g/mol. The van der Waals surface area contributed by atoms with Gasteiger partial charge in [-0.05, 0) is 67.1 Å². The van der Waals surface area contributed by atoms with Crippen LogP contribution in [0.1, 0.15) is 29.3 Å². The van der Waals surface area contributed by atoms with E-state index in [0.29, 0.717) is 22.7 Å². The summed E-state index contributed by atoms with van der Waals surface area (Å²) in [6.07, 6.45) is 2.97. The van der Waals surface area contributed by atoms with Gasteiger partial charge in [-0.15, -0.1) is 0 Å². The van der Waals surface area contributed by atoms with Crippen LogP contribution in [-0.4, -0.2) is 53.5 Å². The van der Waals surface area contributed by atoms with E-state index in [-0.39, 0.29) is 19.6 Å². The number of hydrogen-bond acceptors (Lipinski definition) is 7. The Morgan fingerprint density at radius 2 is 1.76 bits per heavy atom. The molecule has 1 aliphatic heterocycles. The van der Waals surface area contributed by atoms with Crippen LogP contribution in [0.3, 0.4) is 0 Å². The van der Waals surface area contributed by atoms with Crippen molar-refractivity contribution in [3.8, 4) is 5.75 Å². The van der Waals surface area contributed by atoms with Gasteiger partial charge in [0.15, 0.2) is 0 Å². The molecule has 1 saturated heterocycles. The number of esters is 1. The predicted octanol–water partition coefficient (Wildman–Crippen LogP) is 3.63. The first-order chi connectivity index (χ1) is 17.9. The Morgan fingerprint density at radius 3 is 2.38 bits per heavy atom. The molecule has 2 aromatic carbocycles. The molecule has 0 bridgehead atoms. The zero-order valence-corrected chi connectivity index (χ0v) is 20.4. The molecule has 0 radical (unpaired) electrons. The summed E-state index contributed by atoms with van der Waals surface area (Å²) in [5.41, 5.74) is 1.90. The topological polar surface area (TPSA) is 118 Å². The lowest BCUT2D eigenvalue weighted by Crippen LogP contribution is -2.37. The SMILES string of the molecule is CCOC(=O)c1ccc(NC(=O)C[C@@H]2C(=O)N(c3ccc(OC)cc3)C(=O)N2Cc2cccnc2)cc1. The molecule has 0 saturated carbocycles. The number of benzene rings is 2. The fourth-order valence-corrected chi connectivity index (χ4v) is 3.96. The molecular weight excluding hydrogens is 476 g/mol. The average molecular weight is 503 g/mol. The molecule has 1 N–H and O–H groups in total. The molecule has 2 heterocycles. The summed E-state index contributed by atoms with van der Waals surface area (Å²) in [5, 5.41) is 2.73. The highest BCUT2D eigenvalue weighted by Crippen LogP contribution is 2.29. The van der Waals surface area contributed by atoms with Gasteiger partial charge in [0.25, 0.3) is 5.91 Å². The second kappa shape index (κ2) is 11.3. The van der Waals surface area contributed by atoms with E-state index in [4.69, 9.17) is 9.47 Å². The van der Waals surface area contributed by atoms with E-state index in [0.717, 1.165) is 10.5 Å². The molecule has 10 heteroatoms. The van der Waals surface area contributed by atoms with Gasteiger partial charge in [0, 0.05) is 24.6 Å². The second-order valence-electron chi connectivity index (χ2n) is 8.21. The van der Waals surface area contributed by atoms with Gasteiger partial charge < -0.3 is 19.7 Å². The van der Waals surface area contributed by atoms with Crippen molar-refractivity contribution < 1.29 is 28.7 Å². The number of urea groups is 1. The second-order valence-corrected chi connectivity index (χ2v) is 8.21. The molecule has 1 aromatic heterocycles. The third-order valence-electron chi connectivity index (χ3n) is 5.78. The molecular formula is C27H26N4O6. The van der Waals surface area contributed by atoms with Crippen LogP contribution in [-0.2, 0) is 20.9 Å². The summed E-state index contributed by atoms with van der Waals surface area (Å²) in [6, 6.07) is 14.7. The van der Waals surface area contributed by atoms with Crippen molar-refractivity contribution in [3.63, 3.8) is 0 Å². The van der Waals surface area contributed by atoms with Crippen molar-refractivity contribution in [2.24, 2.45) is 0 Å². The highest BCUT2D eigenvalue weighted by molar-refractivity contribution is 6.22. The van der Waals surface area contributed by atoms with Crippen molar-refractivity contribution in [3.05, 3.63) is 84.2 Å². The molecule has 4 rings (SSSR count). The van der Waals surface area contributed by atoms with Crippen LogP contribution in [0.25, 0.3) is 0 Å². The number of methoxy groups -OCH3 is 1. The fraction of sp³-hybridized carbons (Fsp3) is 0.222. The molecule has 10 nitrogen and oxygen atoms in total. The van der Waals surface area contributed by atoms with Gasteiger partial charge in [-0.25, -0.2) is 14.5 Å². The van der Waals surface area contributed by atoms with Crippen molar-refractivity contribution >= 4 is 35.2 Å². The largest absolute Gasteiger partial charge is 0.497 e. The van der Waals surface area contributed by atoms with Gasteiger partial charge >= 0.3 is 12.0 Å². The standard InChI is InChI=1S/C27H26N4O6/c1-3-37-26(34)19-6-8-20(9-7-19)29-24(32)15-23-25(33)31(21-10-12-22(36-2)13-11-21)27(35)30(23)17-18-5-4-14-28-16-18/h4-14,16,23H,3,15,17H2,1-2H3,(H,29,32)/t23-/m1/s1. The van der Waals surface area contributed by atoms with Gasteiger partial charge in [-0.2, -0.15) is 0 Å². The number of aromatic nitrogens is 1. The Kier molecular flexibility index (Phi) is 7.77. The normalized spacial score (nSPS) is 15.0. The molecule has 1 atom stereocenters. The predicted molar refractivity (Wildman–Crippen MR) is 135 cm³/mol. The molecule has 4 amide bonds. The minimum atomic E-state index is -1.02. The first-order valence-corrected chi connectivity index (χ1v) is 11.7. The number of nitrogens with one attached hydrogen (secondary N) is 1. The molecule has 1 aliphatic rings. The van der Waals surface area contributed by atoms with Gasteiger partial charge in [0.05, 0.1) is 31.4 Å². The maximum Gasteiger partial charge on any atom is 0.338 e. The number of anilines is 2. The Hall–Kier alpha value is -4.73. The van der Waals surface area contributed by atoms with Gasteiger partial charge in [-0.1, -0.05) is 6.07 Å². The van der Waals surface area contributed by atoms with E-state index in [1.165, 1.54) is 24.1 Å². The van der Waals surface area contributed by atoms with Crippen LogP contribution >= 0.6 is 0 Å². The third kappa shape index (κ3) is 5.75. The Morgan fingerprint density at radius 1 is 1.03 bits per heavy atom. The van der Waals surface area contributed by atoms with Crippen LogP contribution in [0.4, 0.5) is 16.2 Å². The lowest BCUT2D eigenvalue weighted by atomic mass is 10.1. The number of nitrogens with zero attached hydrogens (tertiary/aromatic N) is 3. The van der Waals surface area contributed by atoms with E-state index >= 15 is 0 Å². The quantitative estimate of drug-likeness (QED) is 0.351. The number of pyridine rings is 1. The molecule has 1 fully saturated rings. The number of imide groups is 1. The molecule has 190 valence electrons. The number of carbonyl (C=O) groups is 4. The highest BCUT2D eigenvalue weighted by atomic mass is 16.5. The van der Waals surface area contributed by atoms with Crippen LogP contribution < -0.4 is 15.0 Å². The maximum absolute atomic E-state index is 13.4. The zero-order chi connectivity index (χ0) is 26.4. The molecule has 0 spiro atoms. The van der Waals surface area contributed by atoms with Gasteiger partial charge in [0.2, 0.25) is 5.91 Å². The summed E-state index contributed by atoms with van der Waals surface area (Å²) >= 11 is 0. The number of hydrogen-bond donors (Lipinski definition) is 1. The first kappa shape index (κ1) is 25.4. The Bertz CT molecular complexity index is 1280. The van der Waals surface area contributed by atoms with Crippen molar-refractivity contribution in [1.29, 1.82) is 0 Å². The first-order valence-electron chi connectivity index (χ1n) is 11.7. The number of rotatable bonds is 9. The molecule has 3 aromatic rings.